The number of likely N-dealkylation sites (N-methyl/N-ethyl adjacent to an activating group) is 1. The Hall–Kier alpha value is -3.65. The molecule has 1 amide bonds. The molecule has 1 saturated carbocycles. The summed E-state index contributed by atoms with van der Waals surface area (Å²) in [7, 11) is 2.03. The van der Waals surface area contributed by atoms with Gasteiger partial charge in [-0.3, -0.25) is 9.69 Å². The minimum absolute atomic E-state index is 0.0970. The van der Waals surface area contributed by atoms with E-state index in [4.69, 9.17) is 4.98 Å². The molecule has 2 fully saturated rings. The third kappa shape index (κ3) is 5.43. The first kappa shape index (κ1) is 25.6. The van der Waals surface area contributed by atoms with Crippen molar-refractivity contribution in [2.45, 2.75) is 32.0 Å². The summed E-state index contributed by atoms with van der Waals surface area (Å²) in [6.45, 7) is 2.84. The SMILES string of the molecule is CN1CC[N+]([O-])(Cc2c(-c3ccccc3)nc3ccccc3c2C(=O)N(Cc2cccc(F)c2)C2CC2)CC1. The summed E-state index contributed by atoms with van der Waals surface area (Å²) >= 11 is 0. The van der Waals surface area contributed by atoms with Crippen LogP contribution in [0.2, 0.25) is 0 Å². The highest BCUT2D eigenvalue weighted by molar-refractivity contribution is 6.09. The maximum Gasteiger partial charge on any atom is 0.255 e. The number of hydroxylamine groups is 3. The molecule has 0 radical (unpaired) electrons. The van der Waals surface area contributed by atoms with Crippen LogP contribution in [0.5, 0.6) is 0 Å². The fraction of sp³-hybridized carbons (Fsp3) is 0.312. The molecule has 0 bridgehead atoms. The van der Waals surface area contributed by atoms with Gasteiger partial charge in [0, 0.05) is 42.2 Å². The Morgan fingerprint density at radius 3 is 2.46 bits per heavy atom. The maximum absolute atomic E-state index is 14.6. The molecule has 200 valence electrons. The van der Waals surface area contributed by atoms with Crippen LogP contribution in [0.25, 0.3) is 22.2 Å². The van der Waals surface area contributed by atoms with Gasteiger partial charge in [-0.25, -0.2) is 9.37 Å². The molecule has 1 saturated heterocycles. The first-order valence-electron chi connectivity index (χ1n) is 13.7. The number of rotatable bonds is 7. The van der Waals surface area contributed by atoms with Crippen LogP contribution in [0.4, 0.5) is 4.39 Å². The molecule has 0 atom stereocenters. The second-order valence-corrected chi connectivity index (χ2v) is 11.0. The van der Waals surface area contributed by atoms with E-state index in [2.05, 4.69) is 4.90 Å². The number of amides is 1. The normalized spacial score (nSPS) is 17.3. The summed E-state index contributed by atoms with van der Waals surface area (Å²) in [5.74, 6) is -0.432. The predicted octanol–water partition coefficient (Wildman–Crippen LogP) is 5.61. The molecule has 2 heterocycles. The number of para-hydroxylation sites is 1. The van der Waals surface area contributed by atoms with Gasteiger partial charge in [0.25, 0.3) is 5.91 Å². The zero-order chi connectivity index (χ0) is 27.0. The molecular weight excluding hydrogens is 491 g/mol. The number of halogens is 1. The van der Waals surface area contributed by atoms with Crippen molar-refractivity contribution in [2.75, 3.05) is 33.2 Å². The van der Waals surface area contributed by atoms with Crippen LogP contribution in [0.3, 0.4) is 0 Å². The highest BCUT2D eigenvalue weighted by atomic mass is 19.1. The quantitative estimate of drug-likeness (QED) is 0.233. The lowest BCUT2D eigenvalue weighted by Crippen LogP contribution is -2.54. The van der Waals surface area contributed by atoms with Gasteiger partial charge in [-0.2, -0.15) is 0 Å². The van der Waals surface area contributed by atoms with Gasteiger partial charge < -0.3 is 14.8 Å². The number of fused-ring (bicyclic) bond motifs is 1. The molecule has 0 unspecified atom stereocenters. The van der Waals surface area contributed by atoms with Crippen LogP contribution in [0, 0.1) is 11.0 Å². The van der Waals surface area contributed by atoms with Crippen molar-refractivity contribution in [3.63, 3.8) is 0 Å². The number of piperazine rings is 1. The second kappa shape index (κ2) is 10.5. The van der Waals surface area contributed by atoms with E-state index in [1.807, 2.05) is 72.6 Å². The molecular formula is C32H33FN4O2. The highest BCUT2D eigenvalue weighted by Gasteiger charge is 2.37. The molecule has 1 aromatic heterocycles. The van der Waals surface area contributed by atoms with Gasteiger partial charge in [0.05, 0.1) is 29.9 Å². The van der Waals surface area contributed by atoms with Gasteiger partial charge in [-0.15, -0.1) is 0 Å². The Bertz CT molecular complexity index is 1500. The van der Waals surface area contributed by atoms with Crippen molar-refractivity contribution in [3.05, 3.63) is 107 Å². The van der Waals surface area contributed by atoms with Crippen molar-refractivity contribution < 1.29 is 13.8 Å². The number of hydrogen-bond acceptors (Lipinski definition) is 4. The molecule has 39 heavy (non-hydrogen) atoms. The van der Waals surface area contributed by atoms with Gasteiger partial charge >= 0.3 is 0 Å². The smallest absolute Gasteiger partial charge is 0.255 e. The average molecular weight is 525 g/mol. The summed E-state index contributed by atoms with van der Waals surface area (Å²) in [5.41, 5.74) is 4.30. The Balaban J connectivity index is 1.52. The minimum atomic E-state index is -0.391. The topological polar surface area (TPSA) is 59.5 Å². The van der Waals surface area contributed by atoms with E-state index < -0.39 is 4.65 Å². The summed E-state index contributed by atoms with van der Waals surface area (Å²) in [6.07, 6.45) is 1.83. The van der Waals surface area contributed by atoms with E-state index in [0.29, 0.717) is 49.5 Å². The Morgan fingerprint density at radius 1 is 1.03 bits per heavy atom. The Morgan fingerprint density at radius 2 is 1.74 bits per heavy atom. The summed E-state index contributed by atoms with van der Waals surface area (Å²) in [5, 5.41) is 14.8. The zero-order valence-electron chi connectivity index (χ0n) is 22.2. The predicted molar refractivity (Wildman–Crippen MR) is 151 cm³/mol. The van der Waals surface area contributed by atoms with E-state index in [1.54, 1.807) is 6.07 Å². The fourth-order valence-corrected chi connectivity index (χ4v) is 5.59. The molecule has 4 aromatic rings. The van der Waals surface area contributed by atoms with E-state index in [1.165, 1.54) is 12.1 Å². The second-order valence-electron chi connectivity index (χ2n) is 11.0. The number of carbonyl (C=O) groups excluding carboxylic acids is 1. The summed E-state index contributed by atoms with van der Waals surface area (Å²) in [6, 6.07) is 24.1. The lowest BCUT2D eigenvalue weighted by atomic mass is 9.94. The first-order valence-corrected chi connectivity index (χ1v) is 13.7. The lowest BCUT2D eigenvalue weighted by Gasteiger charge is -2.48. The van der Waals surface area contributed by atoms with Crippen LogP contribution >= 0.6 is 0 Å². The van der Waals surface area contributed by atoms with Crippen LogP contribution in [0.15, 0.2) is 78.9 Å². The zero-order valence-corrected chi connectivity index (χ0v) is 22.2. The third-order valence-electron chi connectivity index (χ3n) is 7.97. The molecule has 0 spiro atoms. The average Bonchev–Trinajstić information content (AvgIpc) is 3.79. The van der Waals surface area contributed by atoms with Gasteiger partial charge in [0.2, 0.25) is 0 Å². The van der Waals surface area contributed by atoms with E-state index in [9.17, 15) is 14.4 Å². The van der Waals surface area contributed by atoms with Crippen LogP contribution in [-0.4, -0.2) is 64.6 Å². The van der Waals surface area contributed by atoms with Crippen LogP contribution < -0.4 is 0 Å². The van der Waals surface area contributed by atoms with Crippen molar-refractivity contribution in [1.82, 2.24) is 14.8 Å². The number of pyridine rings is 1. The Kier molecular flexibility index (Phi) is 6.89. The molecule has 1 aliphatic carbocycles. The van der Waals surface area contributed by atoms with E-state index in [0.717, 1.165) is 34.9 Å². The van der Waals surface area contributed by atoms with E-state index >= 15 is 0 Å². The number of hydrogen-bond donors (Lipinski definition) is 0. The van der Waals surface area contributed by atoms with Crippen molar-refractivity contribution in [3.8, 4) is 11.3 Å². The van der Waals surface area contributed by atoms with Crippen molar-refractivity contribution in [2.24, 2.45) is 0 Å². The highest BCUT2D eigenvalue weighted by Crippen LogP contribution is 2.37. The summed E-state index contributed by atoms with van der Waals surface area (Å²) < 4.78 is 13.7. The van der Waals surface area contributed by atoms with Gasteiger partial charge in [-0.05, 0) is 43.7 Å². The molecule has 0 N–H and O–H groups in total. The van der Waals surface area contributed by atoms with Gasteiger partial charge in [0.15, 0.2) is 0 Å². The molecule has 1 aliphatic heterocycles. The van der Waals surface area contributed by atoms with Crippen LogP contribution in [-0.2, 0) is 13.1 Å². The number of carbonyl (C=O) groups is 1. The molecule has 7 heteroatoms. The third-order valence-corrected chi connectivity index (χ3v) is 7.97. The molecule has 3 aromatic carbocycles. The van der Waals surface area contributed by atoms with Gasteiger partial charge in [-0.1, -0.05) is 60.7 Å². The largest absolute Gasteiger partial charge is 0.632 e. The number of nitrogens with zero attached hydrogens (tertiary/aromatic N) is 4. The number of benzene rings is 3. The standard InChI is InChI=1S/C32H33FN4O2/c1-35-16-18-37(39,19-17-35)22-28-30(32(38)36(26-14-15-26)21-23-8-7-11-25(33)20-23)27-12-5-6-13-29(27)34-31(28)24-9-3-2-4-10-24/h2-13,20,26H,14-19,21-22H2,1H3. The monoisotopic (exact) mass is 524 g/mol. The fourth-order valence-electron chi connectivity index (χ4n) is 5.59. The lowest BCUT2D eigenvalue weighted by molar-refractivity contribution is -0.898. The minimum Gasteiger partial charge on any atom is -0.632 e. The molecule has 6 nitrogen and oxygen atoms in total. The molecule has 2 aliphatic rings. The number of quaternary nitrogens is 1. The van der Waals surface area contributed by atoms with Gasteiger partial charge in [0.1, 0.15) is 12.4 Å². The van der Waals surface area contributed by atoms with E-state index in [-0.39, 0.29) is 24.3 Å². The first-order chi connectivity index (χ1) is 18.9. The maximum atomic E-state index is 14.6. The van der Waals surface area contributed by atoms with Crippen LogP contribution in [0.1, 0.15) is 34.3 Å². The van der Waals surface area contributed by atoms with Crippen molar-refractivity contribution in [1.29, 1.82) is 0 Å². The summed E-state index contributed by atoms with van der Waals surface area (Å²) in [4.78, 5) is 23.7. The Labute approximate surface area is 228 Å². The number of aromatic nitrogens is 1. The molecule has 6 rings (SSSR count). The van der Waals surface area contributed by atoms with Crippen molar-refractivity contribution >= 4 is 16.8 Å².